The first-order valence-corrected chi connectivity index (χ1v) is 5.54. The predicted molar refractivity (Wildman–Crippen MR) is 60.1 cm³/mol. The summed E-state index contributed by atoms with van der Waals surface area (Å²) >= 11 is 3.37. The summed E-state index contributed by atoms with van der Waals surface area (Å²) in [6.45, 7) is 0. The van der Waals surface area contributed by atoms with E-state index in [0.717, 1.165) is 10.9 Å². The van der Waals surface area contributed by atoms with Crippen molar-refractivity contribution in [3.05, 3.63) is 48.0 Å². The Morgan fingerprint density at radius 1 is 1.07 bits per heavy atom. The molecule has 0 bridgehead atoms. The molecule has 0 radical (unpaired) electrons. The first kappa shape index (κ1) is 10.2. The highest BCUT2D eigenvalue weighted by atomic mass is 79.9. The Hall–Kier alpha value is -1.29. The number of aromatic nitrogens is 2. The van der Waals surface area contributed by atoms with Gasteiger partial charge in [-0.05, 0) is 5.56 Å². The summed E-state index contributed by atoms with van der Waals surface area (Å²) in [6, 6.07) is 7.81. The summed E-state index contributed by atoms with van der Waals surface area (Å²) in [4.78, 5) is 7.81. The van der Waals surface area contributed by atoms with Gasteiger partial charge in [-0.15, -0.1) is 0 Å². The van der Waals surface area contributed by atoms with Crippen LogP contribution in [0.4, 0.5) is 4.39 Å². The fourth-order valence-corrected chi connectivity index (χ4v) is 1.58. The smallest absolute Gasteiger partial charge is 0.159 e. The van der Waals surface area contributed by atoms with Gasteiger partial charge in [0, 0.05) is 10.9 Å². The van der Waals surface area contributed by atoms with Crippen LogP contribution >= 0.6 is 15.9 Å². The Balaban J connectivity index is 2.33. The SMILES string of the molecule is Fc1cnc(-c2ccc(CBr)cc2)nc1. The van der Waals surface area contributed by atoms with E-state index in [2.05, 4.69) is 25.9 Å². The largest absolute Gasteiger partial charge is 0.233 e. The van der Waals surface area contributed by atoms with Gasteiger partial charge in [-0.1, -0.05) is 40.2 Å². The van der Waals surface area contributed by atoms with E-state index in [1.54, 1.807) is 0 Å². The van der Waals surface area contributed by atoms with Crippen molar-refractivity contribution in [2.75, 3.05) is 0 Å². The Kier molecular flexibility index (Phi) is 3.06. The number of alkyl halides is 1. The van der Waals surface area contributed by atoms with Gasteiger partial charge < -0.3 is 0 Å². The lowest BCUT2D eigenvalue weighted by molar-refractivity contribution is 0.614. The molecule has 0 unspecified atom stereocenters. The number of halogens is 2. The topological polar surface area (TPSA) is 25.8 Å². The van der Waals surface area contributed by atoms with Gasteiger partial charge >= 0.3 is 0 Å². The fraction of sp³-hybridized carbons (Fsp3) is 0.0909. The van der Waals surface area contributed by atoms with Crippen molar-refractivity contribution in [1.82, 2.24) is 9.97 Å². The lowest BCUT2D eigenvalue weighted by Gasteiger charge is -2.00. The lowest BCUT2D eigenvalue weighted by Crippen LogP contribution is -1.89. The molecule has 0 aliphatic carbocycles. The summed E-state index contributed by atoms with van der Waals surface area (Å²) in [6.07, 6.45) is 2.33. The van der Waals surface area contributed by atoms with Gasteiger partial charge in [0.1, 0.15) is 0 Å². The first-order chi connectivity index (χ1) is 7.29. The molecule has 2 aromatic rings. The van der Waals surface area contributed by atoms with Crippen LogP contribution in [0.1, 0.15) is 5.56 Å². The van der Waals surface area contributed by atoms with Crippen LogP contribution in [0.2, 0.25) is 0 Å². The predicted octanol–water partition coefficient (Wildman–Crippen LogP) is 3.18. The highest BCUT2D eigenvalue weighted by molar-refractivity contribution is 9.08. The van der Waals surface area contributed by atoms with Gasteiger partial charge in [-0.25, -0.2) is 14.4 Å². The quantitative estimate of drug-likeness (QED) is 0.781. The van der Waals surface area contributed by atoms with Crippen molar-refractivity contribution in [3.63, 3.8) is 0 Å². The van der Waals surface area contributed by atoms with E-state index in [-0.39, 0.29) is 0 Å². The molecule has 0 amide bonds. The van der Waals surface area contributed by atoms with Gasteiger partial charge in [-0.2, -0.15) is 0 Å². The van der Waals surface area contributed by atoms with Crippen LogP contribution in [0.3, 0.4) is 0 Å². The number of rotatable bonds is 2. The molecule has 76 valence electrons. The number of benzene rings is 1. The first-order valence-electron chi connectivity index (χ1n) is 4.42. The molecule has 1 aromatic heterocycles. The van der Waals surface area contributed by atoms with Crippen LogP contribution in [0.5, 0.6) is 0 Å². The minimum atomic E-state index is -0.421. The molecule has 0 saturated heterocycles. The van der Waals surface area contributed by atoms with Crippen molar-refractivity contribution in [2.24, 2.45) is 0 Å². The Morgan fingerprint density at radius 2 is 1.67 bits per heavy atom. The van der Waals surface area contributed by atoms with Crippen molar-refractivity contribution in [2.45, 2.75) is 5.33 Å². The van der Waals surface area contributed by atoms with Crippen LogP contribution in [-0.2, 0) is 5.33 Å². The van der Waals surface area contributed by atoms with Crippen molar-refractivity contribution >= 4 is 15.9 Å². The zero-order valence-corrected chi connectivity index (χ0v) is 9.41. The maximum absolute atomic E-state index is 12.6. The molecule has 0 aliphatic rings. The number of hydrogen-bond donors (Lipinski definition) is 0. The third-order valence-electron chi connectivity index (χ3n) is 1.99. The van der Waals surface area contributed by atoms with Crippen LogP contribution in [-0.4, -0.2) is 9.97 Å². The van der Waals surface area contributed by atoms with E-state index in [4.69, 9.17) is 0 Å². The zero-order valence-electron chi connectivity index (χ0n) is 7.82. The van der Waals surface area contributed by atoms with E-state index in [1.165, 1.54) is 18.0 Å². The van der Waals surface area contributed by atoms with Crippen molar-refractivity contribution < 1.29 is 4.39 Å². The highest BCUT2D eigenvalue weighted by Crippen LogP contribution is 2.16. The Morgan fingerprint density at radius 3 is 2.20 bits per heavy atom. The van der Waals surface area contributed by atoms with E-state index in [9.17, 15) is 4.39 Å². The minimum absolute atomic E-state index is 0.421. The molecule has 2 rings (SSSR count). The average molecular weight is 267 g/mol. The third kappa shape index (κ3) is 2.39. The summed E-state index contributed by atoms with van der Waals surface area (Å²) in [5.41, 5.74) is 2.07. The number of hydrogen-bond acceptors (Lipinski definition) is 2. The fourth-order valence-electron chi connectivity index (χ4n) is 1.20. The van der Waals surface area contributed by atoms with E-state index >= 15 is 0 Å². The molecule has 1 aromatic carbocycles. The molecular formula is C11H8BrFN2. The molecule has 1 heterocycles. The van der Waals surface area contributed by atoms with E-state index in [0.29, 0.717) is 5.82 Å². The van der Waals surface area contributed by atoms with Gasteiger partial charge in [0.2, 0.25) is 0 Å². The van der Waals surface area contributed by atoms with E-state index in [1.807, 2.05) is 24.3 Å². The Bertz CT molecular complexity index is 439. The van der Waals surface area contributed by atoms with Crippen LogP contribution in [0.25, 0.3) is 11.4 Å². The molecule has 2 nitrogen and oxygen atoms in total. The van der Waals surface area contributed by atoms with Crippen LogP contribution in [0.15, 0.2) is 36.7 Å². The molecule has 15 heavy (non-hydrogen) atoms. The summed E-state index contributed by atoms with van der Waals surface area (Å²) in [5, 5.41) is 0.817. The average Bonchev–Trinajstić information content (AvgIpc) is 2.30. The second-order valence-corrected chi connectivity index (χ2v) is 3.62. The molecule has 0 aliphatic heterocycles. The van der Waals surface area contributed by atoms with Crippen molar-refractivity contribution in [3.8, 4) is 11.4 Å². The van der Waals surface area contributed by atoms with E-state index < -0.39 is 5.82 Å². The maximum Gasteiger partial charge on any atom is 0.159 e. The highest BCUT2D eigenvalue weighted by Gasteiger charge is 2.00. The zero-order chi connectivity index (χ0) is 10.7. The van der Waals surface area contributed by atoms with Gasteiger partial charge in [0.05, 0.1) is 12.4 Å². The second kappa shape index (κ2) is 4.49. The summed E-state index contributed by atoms with van der Waals surface area (Å²) in [7, 11) is 0. The van der Waals surface area contributed by atoms with Gasteiger partial charge in [0.15, 0.2) is 11.6 Å². The summed E-state index contributed by atoms with van der Waals surface area (Å²) < 4.78 is 12.6. The standard InChI is InChI=1S/C11H8BrFN2/c12-5-8-1-3-9(4-2-8)11-14-6-10(13)7-15-11/h1-4,6-7H,5H2. The normalized spacial score (nSPS) is 10.3. The van der Waals surface area contributed by atoms with Crippen LogP contribution in [0, 0.1) is 5.82 Å². The molecule has 0 spiro atoms. The third-order valence-corrected chi connectivity index (χ3v) is 2.63. The summed E-state index contributed by atoms with van der Waals surface area (Å²) in [5.74, 6) is 0.119. The molecule has 0 atom stereocenters. The van der Waals surface area contributed by atoms with Gasteiger partial charge in [-0.3, -0.25) is 0 Å². The molecule has 4 heteroatoms. The number of nitrogens with zero attached hydrogens (tertiary/aromatic N) is 2. The Labute approximate surface area is 95.3 Å². The second-order valence-electron chi connectivity index (χ2n) is 3.06. The minimum Gasteiger partial charge on any atom is -0.233 e. The van der Waals surface area contributed by atoms with Gasteiger partial charge in [0.25, 0.3) is 0 Å². The lowest BCUT2D eigenvalue weighted by atomic mass is 10.1. The molecular weight excluding hydrogens is 259 g/mol. The molecule has 0 N–H and O–H groups in total. The molecule has 0 fully saturated rings. The maximum atomic E-state index is 12.6. The van der Waals surface area contributed by atoms with Crippen molar-refractivity contribution in [1.29, 1.82) is 0 Å². The monoisotopic (exact) mass is 266 g/mol. The van der Waals surface area contributed by atoms with Crippen LogP contribution < -0.4 is 0 Å². The molecule has 0 saturated carbocycles.